The van der Waals surface area contributed by atoms with Crippen molar-refractivity contribution in [1.29, 1.82) is 0 Å². The average molecular weight is 332 g/mol. The van der Waals surface area contributed by atoms with E-state index < -0.39 is 5.60 Å². The van der Waals surface area contributed by atoms with Gasteiger partial charge < -0.3 is 19.6 Å². The maximum atomic E-state index is 11.3. The van der Waals surface area contributed by atoms with Crippen molar-refractivity contribution in [2.24, 2.45) is 0 Å². The van der Waals surface area contributed by atoms with Gasteiger partial charge in [-0.2, -0.15) is 0 Å². The minimum atomic E-state index is -0.533. The van der Waals surface area contributed by atoms with Gasteiger partial charge in [0.2, 0.25) is 0 Å². The van der Waals surface area contributed by atoms with Gasteiger partial charge in [-0.05, 0) is 57.2 Å². The number of rotatable bonds is 5. The van der Waals surface area contributed by atoms with Gasteiger partial charge in [0, 0.05) is 25.6 Å². The minimum Gasteiger partial charge on any atom is -0.492 e. The number of aliphatic hydroxyl groups is 1. The highest BCUT2D eigenvalue weighted by molar-refractivity contribution is 5.41. The van der Waals surface area contributed by atoms with E-state index in [-0.39, 0.29) is 5.92 Å². The average Bonchev–Trinajstić information content (AvgIpc) is 2.54. The lowest BCUT2D eigenvalue weighted by Crippen LogP contribution is -2.46. The van der Waals surface area contributed by atoms with Crippen LogP contribution < -0.4 is 4.74 Å². The molecule has 1 fully saturated rings. The van der Waals surface area contributed by atoms with E-state index in [2.05, 4.69) is 49.1 Å². The SMILES string of the molecule is CN(C)CCOc1ccc2c(c1)CN(C)CC2C1(O)CCCCC1. The Kier molecular flexibility index (Phi) is 5.48. The van der Waals surface area contributed by atoms with Gasteiger partial charge in [-0.25, -0.2) is 0 Å². The summed E-state index contributed by atoms with van der Waals surface area (Å²) in [6, 6.07) is 6.46. The second kappa shape index (κ2) is 7.42. The summed E-state index contributed by atoms with van der Waals surface area (Å²) in [5.74, 6) is 1.17. The topological polar surface area (TPSA) is 35.9 Å². The Labute approximate surface area is 146 Å². The Hall–Kier alpha value is -1.10. The van der Waals surface area contributed by atoms with Gasteiger partial charge in [-0.3, -0.25) is 0 Å². The minimum absolute atomic E-state index is 0.224. The van der Waals surface area contributed by atoms with Crippen LogP contribution in [0.4, 0.5) is 0 Å². The molecule has 1 heterocycles. The van der Waals surface area contributed by atoms with Crippen molar-refractivity contribution in [3.8, 4) is 5.75 Å². The molecule has 0 aromatic heterocycles. The highest BCUT2D eigenvalue weighted by Crippen LogP contribution is 2.44. The van der Waals surface area contributed by atoms with Gasteiger partial charge in [-0.15, -0.1) is 0 Å². The molecule has 1 aromatic rings. The quantitative estimate of drug-likeness (QED) is 0.899. The fraction of sp³-hybridized carbons (Fsp3) is 0.700. The first-order valence-electron chi connectivity index (χ1n) is 9.29. The summed E-state index contributed by atoms with van der Waals surface area (Å²) in [6.45, 7) is 3.51. The smallest absolute Gasteiger partial charge is 0.119 e. The number of likely N-dealkylation sites (N-methyl/N-ethyl adjacent to an activating group) is 2. The standard InChI is InChI=1S/C20H32N2O2/c1-21(2)11-12-24-17-7-8-18-16(13-17)14-22(3)15-19(18)20(23)9-5-4-6-10-20/h7-8,13,19,23H,4-6,9-12,14-15H2,1-3H3. The molecule has 1 aromatic carbocycles. The predicted molar refractivity (Wildman–Crippen MR) is 97.6 cm³/mol. The maximum Gasteiger partial charge on any atom is 0.119 e. The Bertz CT molecular complexity index is 553. The zero-order valence-corrected chi connectivity index (χ0v) is 15.4. The van der Waals surface area contributed by atoms with Crippen molar-refractivity contribution >= 4 is 0 Å². The molecule has 0 bridgehead atoms. The van der Waals surface area contributed by atoms with E-state index in [4.69, 9.17) is 4.74 Å². The first-order chi connectivity index (χ1) is 11.5. The Morgan fingerprint density at radius 1 is 1.25 bits per heavy atom. The largest absolute Gasteiger partial charge is 0.492 e. The molecule has 3 rings (SSSR count). The van der Waals surface area contributed by atoms with E-state index in [0.29, 0.717) is 6.61 Å². The molecule has 24 heavy (non-hydrogen) atoms. The molecule has 0 spiro atoms. The molecule has 1 unspecified atom stereocenters. The molecular weight excluding hydrogens is 300 g/mol. The molecule has 0 radical (unpaired) electrons. The molecule has 4 heteroatoms. The Morgan fingerprint density at radius 3 is 2.71 bits per heavy atom. The zero-order chi connectivity index (χ0) is 17.2. The number of benzene rings is 1. The van der Waals surface area contributed by atoms with Gasteiger partial charge >= 0.3 is 0 Å². The van der Waals surface area contributed by atoms with Crippen LogP contribution in [0, 0.1) is 0 Å². The van der Waals surface area contributed by atoms with Gasteiger partial charge in [0.15, 0.2) is 0 Å². The first kappa shape index (κ1) is 17.7. The summed E-state index contributed by atoms with van der Waals surface area (Å²) in [5, 5.41) is 11.3. The summed E-state index contributed by atoms with van der Waals surface area (Å²) in [5.41, 5.74) is 2.11. The van der Waals surface area contributed by atoms with Gasteiger partial charge in [0.25, 0.3) is 0 Å². The molecule has 1 aliphatic carbocycles. The van der Waals surface area contributed by atoms with Crippen molar-refractivity contribution in [1.82, 2.24) is 9.80 Å². The fourth-order valence-electron chi connectivity index (χ4n) is 4.23. The van der Waals surface area contributed by atoms with E-state index in [0.717, 1.165) is 51.1 Å². The van der Waals surface area contributed by atoms with Crippen LogP contribution in [0.1, 0.15) is 49.1 Å². The normalized spacial score (nSPS) is 24.0. The van der Waals surface area contributed by atoms with Crippen molar-refractivity contribution in [3.05, 3.63) is 29.3 Å². The van der Waals surface area contributed by atoms with Crippen LogP contribution in [0.2, 0.25) is 0 Å². The Balaban J connectivity index is 1.79. The lowest BCUT2D eigenvalue weighted by atomic mass is 9.70. The number of fused-ring (bicyclic) bond motifs is 1. The van der Waals surface area contributed by atoms with Crippen LogP contribution in [0.25, 0.3) is 0 Å². The van der Waals surface area contributed by atoms with E-state index >= 15 is 0 Å². The maximum absolute atomic E-state index is 11.3. The van der Waals surface area contributed by atoms with Crippen LogP contribution in [-0.2, 0) is 6.54 Å². The first-order valence-corrected chi connectivity index (χ1v) is 9.29. The second-order valence-corrected chi connectivity index (χ2v) is 7.93. The lowest BCUT2D eigenvalue weighted by molar-refractivity contribution is -0.0333. The molecule has 1 N–H and O–H groups in total. The number of hydrogen-bond acceptors (Lipinski definition) is 4. The fourth-order valence-corrected chi connectivity index (χ4v) is 4.23. The van der Waals surface area contributed by atoms with Crippen LogP contribution in [0.3, 0.4) is 0 Å². The van der Waals surface area contributed by atoms with Crippen molar-refractivity contribution in [3.63, 3.8) is 0 Å². The summed E-state index contributed by atoms with van der Waals surface area (Å²) in [4.78, 5) is 4.46. The van der Waals surface area contributed by atoms with E-state index in [1.807, 2.05) is 0 Å². The van der Waals surface area contributed by atoms with Crippen LogP contribution in [-0.4, -0.2) is 61.3 Å². The number of hydrogen-bond donors (Lipinski definition) is 1. The summed E-state index contributed by atoms with van der Waals surface area (Å²) in [6.07, 6.45) is 5.43. The third-order valence-corrected chi connectivity index (χ3v) is 5.60. The van der Waals surface area contributed by atoms with Crippen molar-refractivity contribution in [2.75, 3.05) is 40.8 Å². The third kappa shape index (κ3) is 3.93. The van der Waals surface area contributed by atoms with Crippen LogP contribution in [0.5, 0.6) is 5.75 Å². The third-order valence-electron chi connectivity index (χ3n) is 5.60. The van der Waals surface area contributed by atoms with Crippen LogP contribution in [0.15, 0.2) is 18.2 Å². The Morgan fingerprint density at radius 2 is 2.00 bits per heavy atom. The van der Waals surface area contributed by atoms with E-state index in [1.54, 1.807) is 0 Å². The molecule has 0 amide bonds. The highest BCUT2D eigenvalue weighted by Gasteiger charge is 2.41. The molecule has 1 saturated carbocycles. The molecule has 1 atom stereocenters. The van der Waals surface area contributed by atoms with Crippen LogP contribution >= 0.6 is 0 Å². The van der Waals surface area contributed by atoms with Gasteiger partial charge in [-0.1, -0.05) is 25.3 Å². The van der Waals surface area contributed by atoms with Crippen molar-refractivity contribution < 1.29 is 9.84 Å². The summed E-state index contributed by atoms with van der Waals surface area (Å²) < 4.78 is 5.90. The molecule has 1 aliphatic heterocycles. The summed E-state index contributed by atoms with van der Waals surface area (Å²) >= 11 is 0. The zero-order valence-electron chi connectivity index (χ0n) is 15.4. The molecule has 2 aliphatic rings. The van der Waals surface area contributed by atoms with Gasteiger partial charge in [0.1, 0.15) is 12.4 Å². The molecule has 4 nitrogen and oxygen atoms in total. The summed E-state index contributed by atoms with van der Waals surface area (Å²) in [7, 11) is 6.27. The second-order valence-electron chi connectivity index (χ2n) is 7.93. The van der Waals surface area contributed by atoms with E-state index in [1.165, 1.54) is 17.5 Å². The van der Waals surface area contributed by atoms with Gasteiger partial charge in [0.05, 0.1) is 5.60 Å². The van der Waals surface area contributed by atoms with E-state index in [9.17, 15) is 5.11 Å². The van der Waals surface area contributed by atoms with Crippen molar-refractivity contribution in [2.45, 2.75) is 50.2 Å². The number of ether oxygens (including phenoxy) is 1. The highest BCUT2D eigenvalue weighted by atomic mass is 16.5. The molecular formula is C20H32N2O2. The predicted octanol–water partition coefficient (Wildman–Crippen LogP) is 2.85. The molecule has 0 saturated heterocycles. The number of nitrogens with zero attached hydrogens (tertiary/aromatic N) is 2. The lowest BCUT2D eigenvalue weighted by Gasteiger charge is -2.44. The molecule has 134 valence electrons. The monoisotopic (exact) mass is 332 g/mol.